The Morgan fingerprint density at radius 1 is 1.35 bits per heavy atom. The van der Waals surface area contributed by atoms with Crippen LogP contribution in [0.1, 0.15) is 14.5 Å². The van der Waals surface area contributed by atoms with E-state index in [4.69, 9.17) is 0 Å². The van der Waals surface area contributed by atoms with Gasteiger partial charge in [-0.05, 0) is 19.1 Å². The Morgan fingerprint density at radius 2 is 2.05 bits per heavy atom. The molecule has 0 aromatic carbocycles. The number of rotatable bonds is 5. The molecule has 112 valence electrons. The average molecular weight is 334 g/mol. The van der Waals surface area contributed by atoms with Crippen molar-refractivity contribution >= 4 is 39.0 Å². The Hall–Kier alpha value is -0.570. The van der Waals surface area contributed by atoms with Gasteiger partial charge in [-0.25, -0.2) is 12.7 Å². The first kappa shape index (κ1) is 15.8. The molecule has 0 saturated carbocycles. The fourth-order valence-electron chi connectivity index (χ4n) is 1.89. The van der Waals surface area contributed by atoms with Crippen molar-refractivity contribution < 1.29 is 13.2 Å². The van der Waals surface area contributed by atoms with Crippen LogP contribution >= 0.6 is 23.1 Å². The van der Waals surface area contributed by atoms with Crippen LogP contribution in [-0.4, -0.2) is 55.5 Å². The maximum absolute atomic E-state index is 12.1. The Morgan fingerprint density at radius 3 is 2.65 bits per heavy atom. The second-order valence-corrected chi connectivity index (χ2v) is 9.09. The molecule has 1 aliphatic rings. The number of hydrogen-bond donors (Lipinski definition) is 1. The number of thioether (sulfide) groups is 1. The molecule has 1 aromatic heterocycles. The van der Waals surface area contributed by atoms with Crippen LogP contribution < -0.4 is 5.32 Å². The van der Waals surface area contributed by atoms with Gasteiger partial charge in [0.2, 0.25) is 10.0 Å². The van der Waals surface area contributed by atoms with Gasteiger partial charge in [-0.3, -0.25) is 4.79 Å². The Balaban J connectivity index is 1.81. The van der Waals surface area contributed by atoms with E-state index in [0.29, 0.717) is 18.0 Å². The smallest absolute Gasteiger partial charge is 0.261 e. The van der Waals surface area contributed by atoms with E-state index in [2.05, 4.69) is 5.32 Å². The predicted molar refractivity (Wildman–Crippen MR) is 84.1 cm³/mol. The molecule has 1 aliphatic heterocycles. The van der Waals surface area contributed by atoms with Gasteiger partial charge in [-0.15, -0.1) is 11.3 Å². The van der Waals surface area contributed by atoms with Crippen LogP contribution in [0, 0.1) is 6.92 Å². The van der Waals surface area contributed by atoms with E-state index < -0.39 is 10.0 Å². The molecule has 0 radical (unpaired) electrons. The van der Waals surface area contributed by atoms with Gasteiger partial charge in [0.1, 0.15) is 0 Å². The van der Waals surface area contributed by atoms with Crippen molar-refractivity contribution in [1.29, 1.82) is 0 Å². The summed E-state index contributed by atoms with van der Waals surface area (Å²) in [6.45, 7) is 3.23. The topological polar surface area (TPSA) is 66.5 Å². The fraction of sp³-hybridized carbons (Fsp3) is 0.583. The van der Waals surface area contributed by atoms with Crippen molar-refractivity contribution in [2.75, 3.05) is 36.9 Å². The minimum Gasteiger partial charge on any atom is -0.350 e. The average Bonchev–Trinajstić information content (AvgIpc) is 2.86. The van der Waals surface area contributed by atoms with Crippen LogP contribution in [0.15, 0.2) is 12.1 Å². The van der Waals surface area contributed by atoms with E-state index in [1.54, 1.807) is 17.8 Å². The molecule has 0 unspecified atom stereocenters. The summed E-state index contributed by atoms with van der Waals surface area (Å²) in [6, 6.07) is 3.63. The summed E-state index contributed by atoms with van der Waals surface area (Å²) in [4.78, 5) is 13.5. The zero-order valence-electron chi connectivity index (χ0n) is 11.3. The Kier molecular flexibility index (Phi) is 5.48. The van der Waals surface area contributed by atoms with Gasteiger partial charge in [0.15, 0.2) is 0 Å². The van der Waals surface area contributed by atoms with Crippen molar-refractivity contribution in [1.82, 2.24) is 9.62 Å². The zero-order valence-corrected chi connectivity index (χ0v) is 13.7. The van der Waals surface area contributed by atoms with Crippen LogP contribution in [0.4, 0.5) is 0 Å². The summed E-state index contributed by atoms with van der Waals surface area (Å²) < 4.78 is 25.7. The van der Waals surface area contributed by atoms with Gasteiger partial charge in [0.05, 0.1) is 10.6 Å². The number of thiophene rings is 1. The molecule has 0 spiro atoms. The molecule has 0 aliphatic carbocycles. The van der Waals surface area contributed by atoms with Crippen molar-refractivity contribution in [2.45, 2.75) is 6.92 Å². The number of nitrogens with zero attached hydrogens (tertiary/aromatic N) is 1. The van der Waals surface area contributed by atoms with Crippen LogP contribution in [0.25, 0.3) is 0 Å². The number of carbonyl (C=O) groups is 1. The molecule has 5 nitrogen and oxygen atoms in total. The first-order valence-corrected chi connectivity index (χ1v) is 9.97. The molecule has 0 bridgehead atoms. The summed E-state index contributed by atoms with van der Waals surface area (Å²) in [6.07, 6.45) is 0. The molecule has 8 heteroatoms. The summed E-state index contributed by atoms with van der Waals surface area (Å²) in [7, 11) is -3.25. The number of carbonyl (C=O) groups excluding carboxylic acids is 1. The number of aryl methyl sites for hydroxylation is 1. The van der Waals surface area contributed by atoms with Gasteiger partial charge in [0.25, 0.3) is 5.91 Å². The summed E-state index contributed by atoms with van der Waals surface area (Å²) in [5, 5.41) is 2.67. The monoisotopic (exact) mass is 334 g/mol. The summed E-state index contributed by atoms with van der Waals surface area (Å²) in [5.74, 6) is 1.46. The molecule has 1 aromatic rings. The molecular formula is C12H18N2O3S3. The van der Waals surface area contributed by atoms with E-state index in [0.717, 1.165) is 16.4 Å². The number of hydrogen-bond acceptors (Lipinski definition) is 5. The first-order chi connectivity index (χ1) is 9.49. The van der Waals surface area contributed by atoms with Gasteiger partial charge >= 0.3 is 0 Å². The molecule has 20 heavy (non-hydrogen) atoms. The van der Waals surface area contributed by atoms with Gasteiger partial charge in [-0.2, -0.15) is 11.8 Å². The minimum absolute atomic E-state index is 0.0340. The largest absolute Gasteiger partial charge is 0.350 e. The predicted octanol–water partition coefficient (Wildman–Crippen LogP) is 1.16. The van der Waals surface area contributed by atoms with E-state index in [9.17, 15) is 13.2 Å². The highest BCUT2D eigenvalue weighted by Gasteiger charge is 2.23. The lowest BCUT2D eigenvalue weighted by Gasteiger charge is -2.25. The zero-order chi connectivity index (χ0) is 14.6. The maximum atomic E-state index is 12.1. The lowest BCUT2D eigenvalue weighted by atomic mass is 10.4. The summed E-state index contributed by atoms with van der Waals surface area (Å²) in [5.41, 5.74) is 0. The van der Waals surface area contributed by atoms with E-state index >= 15 is 0 Å². The Labute approximate surface area is 127 Å². The third kappa shape index (κ3) is 4.21. The standard InChI is InChI=1S/C12H18N2O3S3/c1-10-2-3-11(19-10)12(15)13-4-9-20(16,17)14-5-7-18-8-6-14/h2-3H,4-9H2,1H3,(H,13,15). The van der Waals surface area contributed by atoms with Crippen LogP contribution in [-0.2, 0) is 10.0 Å². The highest BCUT2D eigenvalue weighted by molar-refractivity contribution is 7.99. The van der Waals surface area contributed by atoms with Crippen molar-refractivity contribution in [2.24, 2.45) is 0 Å². The second kappa shape index (κ2) is 6.93. The van der Waals surface area contributed by atoms with E-state index in [-0.39, 0.29) is 18.2 Å². The van der Waals surface area contributed by atoms with Crippen molar-refractivity contribution in [3.8, 4) is 0 Å². The molecule has 2 rings (SSSR count). The lowest BCUT2D eigenvalue weighted by molar-refractivity contribution is 0.0960. The van der Waals surface area contributed by atoms with Crippen LogP contribution in [0.3, 0.4) is 0 Å². The van der Waals surface area contributed by atoms with Crippen molar-refractivity contribution in [3.63, 3.8) is 0 Å². The third-order valence-electron chi connectivity index (χ3n) is 2.97. The number of sulfonamides is 1. The second-order valence-electron chi connectivity index (χ2n) is 4.49. The quantitative estimate of drug-likeness (QED) is 0.878. The highest BCUT2D eigenvalue weighted by Crippen LogP contribution is 2.15. The van der Waals surface area contributed by atoms with Gasteiger partial charge in [-0.1, -0.05) is 0 Å². The SMILES string of the molecule is Cc1ccc(C(=O)NCCS(=O)(=O)N2CCSCC2)s1. The van der Waals surface area contributed by atoms with Crippen LogP contribution in [0.5, 0.6) is 0 Å². The fourth-order valence-corrected chi connectivity index (χ4v) is 5.17. The van der Waals surface area contributed by atoms with Gasteiger partial charge in [0, 0.05) is 36.0 Å². The van der Waals surface area contributed by atoms with E-state index in [1.807, 2.05) is 13.0 Å². The molecule has 1 saturated heterocycles. The molecule has 1 fully saturated rings. The molecule has 2 heterocycles. The van der Waals surface area contributed by atoms with E-state index in [1.165, 1.54) is 15.6 Å². The molecule has 1 N–H and O–H groups in total. The minimum atomic E-state index is -3.25. The number of amides is 1. The maximum Gasteiger partial charge on any atom is 0.261 e. The lowest BCUT2D eigenvalue weighted by Crippen LogP contribution is -2.41. The molecular weight excluding hydrogens is 316 g/mol. The highest BCUT2D eigenvalue weighted by atomic mass is 32.2. The van der Waals surface area contributed by atoms with Crippen LogP contribution in [0.2, 0.25) is 0 Å². The Bertz CT molecular complexity index is 562. The number of nitrogens with one attached hydrogen (secondary N) is 1. The molecule has 0 atom stereocenters. The first-order valence-electron chi connectivity index (χ1n) is 6.39. The van der Waals surface area contributed by atoms with Gasteiger partial charge < -0.3 is 5.32 Å². The third-order valence-corrected chi connectivity index (χ3v) is 6.79. The molecule has 1 amide bonds. The normalized spacial score (nSPS) is 17.1. The summed E-state index contributed by atoms with van der Waals surface area (Å²) >= 11 is 3.18. The van der Waals surface area contributed by atoms with Crippen molar-refractivity contribution in [3.05, 3.63) is 21.9 Å².